The topological polar surface area (TPSA) is 30.9 Å². The monoisotopic (exact) mass is 332 g/mol. The highest BCUT2D eigenvalue weighted by atomic mass is 79.9. The molecule has 20 heavy (non-hydrogen) atoms. The van der Waals surface area contributed by atoms with Crippen molar-refractivity contribution in [3.05, 3.63) is 70.1 Å². The van der Waals surface area contributed by atoms with E-state index in [4.69, 9.17) is 5.73 Å². The van der Waals surface area contributed by atoms with E-state index in [1.54, 1.807) is 6.07 Å². The lowest BCUT2D eigenvalue weighted by molar-refractivity contribution is 0.601. The fourth-order valence-corrected chi connectivity index (χ4v) is 2.89. The quantitative estimate of drug-likeness (QED) is 0.770. The van der Waals surface area contributed by atoms with Gasteiger partial charge in [-0.2, -0.15) is 0 Å². The highest BCUT2D eigenvalue weighted by Gasteiger charge is 2.09. The van der Waals surface area contributed by atoms with Gasteiger partial charge >= 0.3 is 0 Å². The van der Waals surface area contributed by atoms with E-state index < -0.39 is 0 Å². The third-order valence-electron chi connectivity index (χ3n) is 3.44. The number of hydrogen-bond acceptors (Lipinski definition) is 1. The average molecular weight is 333 g/mol. The molecular weight excluding hydrogens is 319 g/mol. The minimum Gasteiger partial charge on any atom is -0.343 e. The first-order chi connectivity index (χ1) is 9.69. The zero-order valence-electron chi connectivity index (χ0n) is 10.8. The predicted molar refractivity (Wildman–Crippen MR) is 83.0 cm³/mol. The Morgan fingerprint density at radius 1 is 1.10 bits per heavy atom. The summed E-state index contributed by atoms with van der Waals surface area (Å²) in [6.45, 7) is 0.966. The van der Waals surface area contributed by atoms with Crippen molar-refractivity contribution in [1.29, 1.82) is 0 Å². The fraction of sp³-hybridized carbons (Fsp3) is 0.125. The molecule has 0 saturated carbocycles. The Kier molecular flexibility index (Phi) is 3.59. The van der Waals surface area contributed by atoms with Gasteiger partial charge in [0.15, 0.2) is 0 Å². The van der Waals surface area contributed by atoms with Crippen LogP contribution in [0.5, 0.6) is 0 Å². The molecule has 0 saturated heterocycles. The second-order valence-corrected chi connectivity index (χ2v) is 5.65. The molecule has 1 heterocycles. The van der Waals surface area contributed by atoms with Gasteiger partial charge in [-0.15, -0.1) is 0 Å². The van der Waals surface area contributed by atoms with Crippen LogP contribution in [0.15, 0.2) is 53.1 Å². The lowest BCUT2D eigenvalue weighted by atomic mass is 10.1. The van der Waals surface area contributed by atoms with Crippen LogP contribution in [-0.2, 0) is 13.1 Å². The van der Waals surface area contributed by atoms with Crippen molar-refractivity contribution < 1.29 is 4.39 Å². The van der Waals surface area contributed by atoms with Crippen LogP contribution in [0.25, 0.3) is 10.9 Å². The van der Waals surface area contributed by atoms with Gasteiger partial charge in [-0.1, -0.05) is 34.1 Å². The Morgan fingerprint density at radius 2 is 1.95 bits per heavy atom. The third-order valence-corrected chi connectivity index (χ3v) is 3.93. The normalized spacial score (nSPS) is 11.2. The molecular formula is C16H14BrFN2. The molecule has 0 amide bonds. The summed E-state index contributed by atoms with van der Waals surface area (Å²) in [6, 6.07) is 13.1. The first-order valence-corrected chi connectivity index (χ1v) is 7.19. The number of para-hydroxylation sites is 1. The van der Waals surface area contributed by atoms with Gasteiger partial charge in [0.25, 0.3) is 0 Å². The average Bonchev–Trinajstić information content (AvgIpc) is 2.86. The second-order valence-electron chi connectivity index (χ2n) is 4.74. The number of fused-ring (bicyclic) bond motifs is 1. The van der Waals surface area contributed by atoms with Crippen LogP contribution < -0.4 is 5.73 Å². The van der Waals surface area contributed by atoms with Crippen molar-refractivity contribution in [3.8, 4) is 0 Å². The van der Waals surface area contributed by atoms with E-state index in [1.807, 2.05) is 41.1 Å². The van der Waals surface area contributed by atoms with Crippen LogP contribution in [0.3, 0.4) is 0 Å². The van der Waals surface area contributed by atoms with Crippen LogP contribution in [0.4, 0.5) is 4.39 Å². The SMILES string of the molecule is NCc1cccc2ccn(Cc3cc(Br)ccc3F)c12. The zero-order chi connectivity index (χ0) is 14.1. The van der Waals surface area contributed by atoms with E-state index in [0.29, 0.717) is 18.7 Å². The Hall–Kier alpha value is -1.65. The van der Waals surface area contributed by atoms with Gasteiger partial charge in [0.05, 0.1) is 12.1 Å². The summed E-state index contributed by atoms with van der Waals surface area (Å²) in [5, 5.41) is 1.13. The largest absolute Gasteiger partial charge is 0.343 e. The van der Waals surface area contributed by atoms with Gasteiger partial charge in [-0.3, -0.25) is 0 Å². The van der Waals surface area contributed by atoms with E-state index in [-0.39, 0.29) is 5.82 Å². The molecule has 102 valence electrons. The standard InChI is InChI=1S/C16H14BrFN2/c17-14-4-5-15(18)13(8-14)10-20-7-6-11-2-1-3-12(9-19)16(11)20/h1-8H,9-10,19H2. The molecule has 2 aromatic carbocycles. The fourth-order valence-electron chi connectivity index (χ4n) is 2.49. The minimum absolute atomic E-state index is 0.194. The number of hydrogen-bond donors (Lipinski definition) is 1. The second kappa shape index (κ2) is 5.38. The van der Waals surface area contributed by atoms with Gasteiger partial charge in [0.2, 0.25) is 0 Å². The van der Waals surface area contributed by atoms with Gasteiger partial charge in [-0.05, 0) is 35.2 Å². The number of rotatable bonds is 3. The van der Waals surface area contributed by atoms with Crippen LogP contribution >= 0.6 is 15.9 Å². The molecule has 0 fully saturated rings. The summed E-state index contributed by atoms with van der Waals surface area (Å²) in [4.78, 5) is 0. The molecule has 2 nitrogen and oxygen atoms in total. The molecule has 3 aromatic rings. The van der Waals surface area contributed by atoms with Gasteiger partial charge < -0.3 is 10.3 Å². The van der Waals surface area contributed by atoms with Crippen molar-refractivity contribution in [1.82, 2.24) is 4.57 Å². The zero-order valence-corrected chi connectivity index (χ0v) is 12.4. The highest BCUT2D eigenvalue weighted by molar-refractivity contribution is 9.10. The molecule has 0 atom stereocenters. The Labute approximate surface area is 125 Å². The molecule has 1 aromatic heterocycles. The highest BCUT2D eigenvalue weighted by Crippen LogP contribution is 2.23. The minimum atomic E-state index is -0.194. The molecule has 0 bridgehead atoms. The number of nitrogens with zero attached hydrogens (tertiary/aromatic N) is 1. The first kappa shape index (κ1) is 13.3. The van der Waals surface area contributed by atoms with E-state index in [0.717, 1.165) is 20.9 Å². The summed E-state index contributed by atoms with van der Waals surface area (Å²) >= 11 is 3.38. The molecule has 0 aliphatic heterocycles. The number of nitrogens with two attached hydrogens (primary N) is 1. The molecule has 0 aliphatic rings. The molecule has 0 aliphatic carbocycles. The first-order valence-electron chi connectivity index (χ1n) is 6.40. The van der Waals surface area contributed by atoms with Crippen molar-refractivity contribution in [2.45, 2.75) is 13.1 Å². The van der Waals surface area contributed by atoms with Crippen molar-refractivity contribution >= 4 is 26.8 Å². The van der Waals surface area contributed by atoms with Crippen LogP contribution in [0.2, 0.25) is 0 Å². The van der Waals surface area contributed by atoms with Crippen molar-refractivity contribution in [3.63, 3.8) is 0 Å². The Balaban J connectivity index is 2.09. The van der Waals surface area contributed by atoms with Gasteiger partial charge in [0, 0.05) is 22.8 Å². The molecule has 0 radical (unpaired) electrons. The summed E-state index contributed by atoms with van der Waals surface area (Å²) in [5.41, 5.74) is 8.60. The van der Waals surface area contributed by atoms with E-state index in [9.17, 15) is 4.39 Å². The van der Waals surface area contributed by atoms with Gasteiger partial charge in [0.1, 0.15) is 5.82 Å². The molecule has 0 spiro atoms. The number of halogens is 2. The molecule has 0 unspecified atom stereocenters. The van der Waals surface area contributed by atoms with Crippen molar-refractivity contribution in [2.75, 3.05) is 0 Å². The van der Waals surface area contributed by atoms with E-state index >= 15 is 0 Å². The summed E-state index contributed by atoms with van der Waals surface area (Å²) < 4.78 is 16.8. The van der Waals surface area contributed by atoms with Crippen LogP contribution in [-0.4, -0.2) is 4.57 Å². The lowest BCUT2D eigenvalue weighted by Crippen LogP contribution is -2.04. The summed E-state index contributed by atoms with van der Waals surface area (Å²) in [7, 11) is 0. The summed E-state index contributed by atoms with van der Waals surface area (Å²) in [5.74, 6) is -0.194. The number of aromatic nitrogens is 1. The maximum atomic E-state index is 13.9. The van der Waals surface area contributed by atoms with E-state index in [2.05, 4.69) is 15.9 Å². The maximum absolute atomic E-state index is 13.9. The van der Waals surface area contributed by atoms with Gasteiger partial charge in [-0.25, -0.2) is 4.39 Å². The molecule has 4 heteroatoms. The smallest absolute Gasteiger partial charge is 0.128 e. The maximum Gasteiger partial charge on any atom is 0.128 e. The Bertz CT molecular complexity index is 764. The van der Waals surface area contributed by atoms with Crippen molar-refractivity contribution in [2.24, 2.45) is 5.73 Å². The molecule has 2 N–H and O–H groups in total. The Morgan fingerprint density at radius 3 is 2.75 bits per heavy atom. The predicted octanol–water partition coefficient (Wildman–Crippen LogP) is 4.05. The number of benzene rings is 2. The van der Waals surface area contributed by atoms with E-state index in [1.165, 1.54) is 6.07 Å². The lowest BCUT2D eigenvalue weighted by Gasteiger charge is -2.10. The van der Waals surface area contributed by atoms with Crippen LogP contribution in [0, 0.1) is 5.82 Å². The molecule has 3 rings (SSSR count). The van der Waals surface area contributed by atoms with Crippen LogP contribution in [0.1, 0.15) is 11.1 Å². The summed E-state index contributed by atoms with van der Waals surface area (Å²) in [6.07, 6.45) is 1.98. The third kappa shape index (κ3) is 2.37.